The summed E-state index contributed by atoms with van der Waals surface area (Å²) in [6.45, 7) is 3.75. The molecule has 3 aromatic rings. The molecule has 1 aliphatic rings. The number of hydrogen-bond acceptors (Lipinski definition) is 4. The summed E-state index contributed by atoms with van der Waals surface area (Å²) in [4.78, 5) is 18.2. The third-order valence-electron chi connectivity index (χ3n) is 5.11. The molecule has 1 aliphatic heterocycles. The van der Waals surface area contributed by atoms with Crippen LogP contribution in [0, 0.1) is 6.92 Å². The van der Waals surface area contributed by atoms with Gasteiger partial charge >= 0.3 is 5.97 Å². The van der Waals surface area contributed by atoms with Crippen LogP contribution in [0.4, 0.5) is 0 Å². The predicted molar refractivity (Wildman–Crippen MR) is 102 cm³/mol. The van der Waals surface area contributed by atoms with Gasteiger partial charge < -0.3 is 9.52 Å². The van der Waals surface area contributed by atoms with Gasteiger partial charge in [0, 0.05) is 23.5 Å². The van der Waals surface area contributed by atoms with Gasteiger partial charge in [0.15, 0.2) is 0 Å². The number of aryl methyl sites for hydroxylation is 1. The maximum Gasteiger partial charge on any atom is 0.336 e. The Balaban J connectivity index is 1.55. The third-order valence-corrected chi connectivity index (χ3v) is 5.11. The highest BCUT2D eigenvalue weighted by Crippen LogP contribution is 2.34. The molecule has 4 rings (SSSR count). The predicted octanol–water partition coefficient (Wildman–Crippen LogP) is 4.69. The van der Waals surface area contributed by atoms with Gasteiger partial charge in [-0.15, -0.1) is 0 Å². The van der Waals surface area contributed by atoms with E-state index in [1.54, 1.807) is 18.2 Å². The molecule has 5 heteroatoms. The number of rotatable bonds is 5. The number of aromatic carboxylic acids is 1. The molecule has 5 nitrogen and oxygen atoms in total. The van der Waals surface area contributed by atoms with Crippen LogP contribution in [0.5, 0.6) is 0 Å². The maximum absolute atomic E-state index is 11.5. The number of carbonyl (C=O) groups is 1. The number of hydrogen-bond donors (Lipinski definition) is 1. The Morgan fingerprint density at radius 1 is 1.26 bits per heavy atom. The van der Waals surface area contributed by atoms with E-state index in [-0.39, 0.29) is 5.56 Å². The standard InChI is InChI=1S/C22H22N2O3/c1-15-13-16(10-11-23-15)20-7-4-12-24(20)14-17-8-9-21(27-17)18-5-2-3-6-19(18)22(25)26/h2-3,5-6,8-11,13,20H,4,7,12,14H2,1H3,(H,25,26)/t20-/m0/s1. The van der Waals surface area contributed by atoms with E-state index in [0.717, 1.165) is 30.8 Å². The van der Waals surface area contributed by atoms with E-state index in [9.17, 15) is 9.90 Å². The molecule has 1 aromatic carbocycles. The fourth-order valence-corrected chi connectivity index (χ4v) is 3.86. The highest BCUT2D eigenvalue weighted by Gasteiger charge is 2.27. The van der Waals surface area contributed by atoms with Crippen LogP contribution in [0.2, 0.25) is 0 Å². The van der Waals surface area contributed by atoms with Gasteiger partial charge in [-0.05, 0) is 62.2 Å². The molecule has 0 radical (unpaired) electrons. The van der Waals surface area contributed by atoms with Crippen molar-refractivity contribution in [1.82, 2.24) is 9.88 Å². The topological polar surface area (TPSA) is 66.6 Å². The third kappa shape index (κ3) is 3.64. The molecule has 27 heavy (non-hydrogen) atoms. The van der Waals surface area contributed by atoms with Crippen molar-refractivity contribution in [1.29, 1.82) is 0 Å². The zero-order valence-electron chi connectivity index (χ0n) is 15.3. The highest BCUT2D eigenvalue weighted by atomic mass is 16.4. The maximum atomic E-state index is 11.5. The second-order valence-electron chi connectivity index (χ2n) is 6.98. The van der Waals surface area contributed by atoms with E-state index >= 15 is 0 Å². The molecule has 2 aromatic heterocycles. The van der Waals surface area contributed by atoms with Crippen molar-refractivity contribution in [2.45, 2.75) is 32.4 Å². The van der Waals surface area contributed by atoms with E-state index < -0.39 is 5.97 Å². The minimum absolute atomic E-state index is 0.254. The zero-order chi connectivity index (χ0) is 18.8. The molecular weight excluding hydrogens is 340 g/mol. The van der Waals surface area contributed by atoms with Crippen LogP contribution in [0.15, 0.2) is 59.1 Å². The normalized spacial score (nSPS) is 17.3. The molecule has 138 valence electrons. The molecule has 1 saturated heterocycles. The Bertz CT molecular complexity index is 963. The number of aromatic nitrogens is 1. The monoisotopic (exact) mass is 362 g/mol. The van der Waals surface area contributed by atoms with Crippen LogP contribution in [0.1, 0.15) is 46.3 Å². The molecule has 0 spiro atoms. The summed E-state index contributed by atoms with van der Waals surface area (Å²) in [5.41, 5.74) is 3.19. The first kappa shape index (κ1) is 17.5. The van der Waals surface area contributed by atoms with Gasteiger partial charge in [0.2, 0.25) is 0 Å². The van der Waals surface area contributed by atoms with Crippen molar-refractivity contribution in [3.63, 3.8) is 0 Å². The van der Waals surface area contributed by atoms with Crippen molar-refractivity contribution in [3.8, 4) is 11.3 Å². The molecule has 0 amide bonds. The van der Waals surface area contributed by atoms with Crippen molar-refractivity contribution in [2.24, 2.45) is 0 Å². The lowest BCUT2D eigenvalue weighted by molar-refractivity contribution is 0.0697. The van der Waals surface area contributed by atoms with Gasteiger partial charge in [0.1, 0.15) is 11.5 Å². The van der Waals surface area contributed by atoms with Crippen LogP contribution in [-0.4, -0.2) is 27.5 Å². The van der Waals surface area contributed by atoms with Gasteiger partial charge in [0.05, 0.1) is 12.1 Å². The molecular formula is C22H22N2O3. The van der Waals surface area contributed by atoms with E-state index in [1.165, 1.54) is 5.56 Å². The van der Waals surface area contributed by atoms with E-state index in [4.69, 9.17) is 4.42 Å². The van der Waals surface area contributed by atoms with Crippen LogP contribution in [0.25, 0.3) is 11.3 Å². The SMILES string of the molecule is Cc1cc([C@@H]2CCCN2Cc2ccc(-c3ccccc3C(=O)O)o2)ccn1. The number of nitrogens with zero attached hydrogens (tertiary/aromatic N) is 2. The lowest BCUT2D eigenvalue weighted by Crippen LogP contribution is -2.22. The fraction of sp³-hybridized carbons (Fsp3) is 0.273. The lowest BCUT2D eigenvalue weighted by Gasteiger charge is -2.24. The average molecular weight is 362 g/mol. The summed E-state index contributed by atoms with van der Waals surface area (Å²) in [6, 6.07) is 15.3. The van der Waals surface area contributed by atoms with Crippen molar-refractivity contribution < 1.29 is 14.3 Å². The molecule has 0 unspecified atom stereocenters. The van der Waals surface area contributed by atoms with Crippen LogP contribution >= 0.6 is 0 Å². The molecule has 1 atom stereocenters. The Hall–Kier alpha value is -2.92. The summed E-state index contributed by atoms with van der Waals surface area (Å²) < 4.78 is 6.01. The Morgan fingerprint density at radius 2 is 2.11 bits per heavy atom. The lowest BCUT2D eigenvalue weighted by atomic mass is 10.1. The Labute approximate surface area is 158 Å². The second-order valence-corrected chi connectivity index (χ2v) is 6.98. The smallest absolute Gasteiger partial charge is 0.336 e. The molecule has 1 N–H and O–H groups in total. The molecule has 0 aliphatic carbocycles. The zero-order valence-corrected chi connectivity index (χ0v) is 15.3. The van der Waals surface area contributed by atoms with Gasteiger partial charge in [-0.1, -0.05) is 18.2 Å². The summed E-state index contributed by atoms with van der Waals surface area (Å²) in [5.74, 6) is 0.498. The number of pyridine rings is 1. The summed E-state index contributed by atoms with van der Waals surface area (Å²) in [6.07, 6.45) is 4.15. The Morgan fingerprint density at radius 3 is 2.93 bits per heavy atom. The number of carboxylic acids is 1. The molecule has 1 fully saturated rings. The number of likely N-dealkylation sites (tertiary alicyclic amines) is 1. The van der Waals surface area contributed by atoms with Crippen LogP contribution in [0.3, 0.4) is 0 Å². The van der Waals surface area contributed by atoms with Crippen molar-refractivity contribution >= 4 is 5.97 Å². The van der Waals surface area contributed by atoms with Gasteiger partial charge in [-0.2, -0.15) is 0 Å². The van der Waals surface area contributed by atoms with Gasteiger partial charge in [-0.3, -0.25) is 9.88 Å². The second kappa shape index (κ2) is 7.37. The van der Waals surface area contributed by atoms with Gasteiger partial charge in [-0.25, -0.2) is 4.79 Å². The summed E-state index contributed by atoms with van der Waals surface area (Å²) in [7, 11) is 0. The minimum Gasteiger partial charge on any atom is -0.478 e. The number of carboxylic acid groups (broad SMARTS) is 1. The van der Waals surface area contributed by atoms with E-state index in [2.05, 4.69) is 22.0 Å². The minimum atomic E-state index is -0.948. The first-order valence-electron chi connectivity index (χ1n) is 9.20. The summed E-state index contributed by atoms with van der Waals surface area (Å²) in [5, 5.41) is 9.39. The number of benzene rings is 1. The average Bonchev–Trinajstić information content (AvgIpc) is 3.32. The first-order chi connectivity index (χ1) is 13.1. The quantitative estimate of drug-likeness (QED) is 0.713. The largest absolute Gasteiger partial charge is 0.478 e. The van der Waals surface area contributed by atoms with Gasteiger partial charge in [0.25, 0.3) is 0 Å². The Kier molecular flexibility index (Phi) is 4.77. The van der Waals surface area contributed by atoms with E-state index in [0.29, 0.717) is 23.9 Å². The van der Waals surface area contributed by atoms with E-state index in [1.807, 2.05) is 31.3 Å². The summed E-state index contributed by atoms with van der Waals surface area (Å²) >= 11 is 0. The van der Waals surface area contributed by atoms with Crippen LogP contribution < -0.4 is 0 Å². The molecule has 3 heterocycles. The van der Waals surface area contributed by atoms with Crippen molar-refractivity contribution in [3.05, 3.63) is 77.3 Å². The highest BCUT2D eigenvalue weighted by molar-refractivity contribution is 5.95. The van der Waals surface area contributed by atoms with Crippen LogP contribution in [-0.2, 0) is 6.54 Å². The number of furan rings is 1. The molecule has 0 bridgehead atoms. The first-order valence-corrected chi connectivity index (χ1v) is 9.20. The fourth-order valence-electron chi connectivity index (χ4n) is 3.86. The molecule has 0 saturated carbocycles. The van der Waals surface area contributed by atoms with Crippen molar-refractivity contribution in [2.75, 3.05) is 6.54 Å².